The molecule has 192 valence electrons. The van der Waals surface area contributed by atoms with Gasteiger partial charge in [0, 0.05) is 5.56 Å². The van der Waals surface area contributed by atoms with Crippen molar-refractivity contribution in [2.45, 2.75) is 26.5 Å². The van der Waals surface area contributed by atoms with E-state index >= 15 is 0 Å². The van der Waals surface area contributed by atoms with E-state index in [4.69, 9.17) is 9.47 Å². The lowest BCUT2D eigenvalue weighted by molar-refractivity contribution is -0.132. The summed E-state index contributed by atoms with van der Waals surface area (Å²) in [6.45, 7) is 4.19. The number of amides is 1. The van der Waals surface area contributed by atoms with Crippen LogP contribution in [0.1, 0.15) is 33.3 Å². The zero-order chi connectivity index (χ0) is 26.8. The average Bonchev–Trinajstić information content (AvgIpc) is 3.47. The van der Waals surface area contributed by atoms with Crippen molar-refractivity contribution in [1.82, 2.24) is 10.2 Å². The molecular weight excluding hydrogens is 502 g/mol. The Hall–Kier alpha value is -4.50. The Balaban J connectivity index is 1.51. The third kappa shape index (κ3) is 4.88. The number of hydrogen-bond donors (Lipinski definition) is 1. The Labute approximate surface area is 223 Å². The second-order valence-electron chi connectivity index (χ2n) is 8.85. The van der Waals surface area contributed by atoms with Gasteiger partial charge in [-0.2, -0.15) is 0 Å². The number of rotatable bonds is 7. The average molecular weight is 528 g/mol. The lowest BCUT2D eigenvalue weighted by atomic mass is 9.95. The van der Waals surface area contributed by atoms with Gasteiger partial charge in [-0.3, -0.25) is 14.5 Å². The molecular formula is C29H25N3O5S. The molecule has 1 atom stereocenters. The van der Waals surface area contributed by atoms with Crippen LogP contribution in [-0.4, -0.2) is 34.1 Å². The van der Waals surface area contributed by atoms with Crippen LogP contribution >= 0.6 is 11.3 Å². The van der Waals surface area contributed by atoms with Gasteiger partial charge in [-0.1, -0.05) is 53.3 Å². The number of hydrogen-bond acceptors (Lipinski definition) is 8. The molecule has 0 bridgehead atoms. The van der Waals surface area contributed by atoms with Crippen LogP contribution < -0.4 is 14.4 Å². The molecule has 8 nitrogen and oxygen atoms in total. The number of ketones is 1. The highest BCUT2D eigenvalue weighted by Crippen LogP contribution is 2.43. The molecule has 1 saturated heterocycles. The minimum Gasteiger partial charge on any atom is -0.507 e. The van der Waals surface area contributed by atoms with E-state index in [9.17, 15) is 14.7 Å². The topological polar surface area (TPSA) is 102 Å². The van der Waals surface area contributed by atoms with Crippen LogP contribution in [0, 0.1) is 13.8 Å². The van der Waals surface area contributed by atoms with Gasteiger partial charge < -0.3 is 14.6 Å². The van der Waals surface area contributed by atoms with Crippen molar-refractivity contribution in [2.75, 3.05) is 12.0 Å². The maximum absolute atomic E-state index is 13.3. The Morgan fingerprint density at radius 1 is 0.974 bits per heavy atom. The summed E-state index contributed by atoms with van der Waals surface area (Å²) in [6, 6.07) is 20.9. The highest BCUT2D eigenvalue weighted by molar-refractivity contribution is 7.15. The number of aliphatic hydroxyl groups excluding tert-OH is 1. The van der Waals surface area contributed by atoms with Crippen molar-refractivity contribution >= 4 is 33.9 Å². The lowest BCUT2D eigenvalue weighted by Crippen LogP contribution is -2.29. The second kappa shape index (κ2) is 10.5. The number of anilines is 1. The lowest BCUT2D eigenvalue weighted by Gasteiger charge is -2.23. The molecule has 0 aliphatic carbocycles. The minimum atomic E-state index is -0.908. The van der Waals surface area contributed by atoms with Crippen molar-refractivity contribution < 1.29 is 24.2 Å². The zero-order valence-corrected chi connectivity index (χ0v) is 21.9. The summed E-state index contributed by atoms with van der Waals surface area (Å²) >= 11 is 1.19. The van der Waals surface area contributed by atoms with Gasteiger partial charge in [0.05, 0.1) is 18.7 Å². The molecule has 0 spiro atoms. The molecule has 5 rings (SSSR count). The van der Waals surface area contributed by atoms with Crippen LogP contribution in [0.2, 0.25) is 0 Å². The maximum Gasteiger partial charge on any atom is 0.301 e. The van der Waals surface area contributed by atoms with Gasteiger partial charge in [-0.15, -0.1) is 10.2 Å². The van der Waals surface area contributed by atoms with E-state index in [1.54, 1.807) is 55.5 Å². The zero-order valence-electron chi connectivity index (χ0n) is 21.0. The second-order valence-corrected chi connectivity index (χ2v) is 10.0. The summed E-state index contributed by atoms with van der Waals surface area (Å²) in [5.41, 5.74) is 3.13. The predicted molar refractivity (Wildman–Crippen MR) is 144 cm³/mol. The van der Waals surface area contributed by atoms with E-state index < -0.39 is 17.7 Å². The van der Waals surface area contributed by atoms with Gasteiger partial charge >= 0.3 is 5.91 Å². The molecule has 4 aromatic rings. The molecule has 1 fully saturated rings. The molecule has 1 aliphatic rings. The summed E-state index contributed by atoms with van der Waals surface area (Å²) < 4.78 is 11.2. The normalized spacial score (nSPS) is 16.6. The first-order chi connectivity index (χ1) is 18.4. The third-order valence-electron chi connectivity index (χ3n) is 6.19. The van der Waals surface area contributed by atoms with Crippen molar-refractivity contribution in [3.05, 3.63) is 106 Å². The molecule has 2 heterocycles. The molecule has 0 unspecified atom stereocenters. The molecule has 1 N–H and O–H groups in total. The Kier molecular flexibility index (Phi) is 6.93. The molecule has 1 amide bonds. The van der Waals surface area contributed by atoms with Crippen LogP contribution in [0.5, 0.6) is 11.5 Å². The number of aliphatic hydroxyl groups is 1. The number of aromatic nitrogens is 2. The van der Waals surface area contributed by atoms with E-state index in [1.165, 1.54) is 23.3 Å². The van der Waals surface area contributed by atoms with Gasteiger partial charge in [0.1, 0.15) is 28.9 Å². The summed E-state index contributed by atoms with van der Waals surface area (Å²) in [5, 5.41) is 20.4. The van der Waals surface area contributed by atoms with Crippen LogP contribution in [0.15, 0.2) is 78.4 Å². The molecule has 1 aliphatic heterocycles. The van der Waals surface area contributed by atoms with Gasteiger partial charge in [-0.05, 0) is 61.4 Å². The molecule has 0 radical (unpaired) electrons. The third-order valence-corrected chi connectivity index (χ3v) is 7.03. The smallest absolute Gasteiger partial charge is 0.301 e. The molecule has 3 aromatic carbocycles. The van der Waals surface area contributed by atoms with Crippen LogP contribution in [0.4, 0.5) is 5.13 Å². The van der Waals surface area contributed by atoms with Gasteiger partial charge in [0.15, 0.2) is 0 Å². The fourth-order valence-electron chi connectivity index (χ4n) is 4.37. The van der Waals surface area contributed by atoms with Crippen LogP contribution in [-0.2, 0) is 16.2 Å². The van der Waals surface area contributed by atoms with Crippen LogP contribution in [0.25, 0.3) is 5.76 Å². The van der Waals surface area contributed by atoms with Gasteiger partial charge in [-0.25, -0.2) is 0 Å². The van der Waals surface area contributed by atoms with Crippen molar-refractivity contribution in [2.24, 2.45) is 0 Å². The standard InChI is InChI=1S/C29H25N3O5S/c1-17-6-4-7-19(14-17)16-37-22-12-10-20(11-13-22)26(33)24-25(21-8-5-9-23(15-21)36-3)32(28(35)27(24)34)29-31-30-18(2)38-29/h4-15,25,33H,16H2,1-3H3/t25-/m0/s1. The number of aryl methyl sites for hydroxylation is 2. The SMILES string of the molecule is COc1cccc([C@H]2C(=C(O)c3ccc(OCc4cccc(C)c4)cc3)C(=O)C(=O)N2c2nnc(C)s2)c1. The first-order valence-corrected chi connectivity index (χ1v) is 12.7. The summed E-state index contributed by atoms with van der Waals surface area (Å²) in [4.78, 5) is 27.8. The van der Waals surface area contributed by atoms with Gasteiger partial charge in [0.25, 0.3) is 5.78 Å². The fourth-order valence-corrected chi connectivity index (χ4v) is 5.09. The Bertz CT molecular complexity index is 1540. The fraction of sp³-hybridized carbons (Fsp3) is 0.172. The number of benzene rings is 3. The van der Waals surface area contributed by atoms with E-state index in [0.29, 0.717) is 34.2 Å². The van der Waals surface area contributed by atoms with Crippen LogP contribution in [0.3, 0.4) is 0 Å². The highest BCUT2D eigenvalue weighted by atomic mass is 32.1. The summed E-state index contributed by atoms with van der Waals surface area (Å²) in [6.07, 6.45) is 0. The number of Topliss-reactive ketones (excluding diaryl/α,β-unsaturated/α-hetero) is 1. The Morgan fingerprint density at radius 3 is 2.42 bits per heavy atom. The largest absolute Gasteiger partial charge is 0.507 e. The molecule has 38 heavy (non-hydrogen) atoms. The van der Waals surface area contributed by atoms with Crippen molar-refractivity contribution in [3.63, 3.8) is 0 Å². The van der Waals surface area contributed by atoms with Crippen molar-refractivity contribution in [3.8, 4) is 11.5 Å². The van der Waals surface area contributed by atoms with Crippen molar-refractivity contribution in [1.29, 1.82) is 0 Å². The monoisotopic (exact) mass is 527 g/mol. The quantitative estimate of drug-likeness (QED) is 0.196. The molecule has 9 heteroatoms. The predicted octanol–water partition coefficient (Wildman–Crippen LogP) is 5.37. The molecule has 1 aromatic heterocycles. The number of nitrogens with zero attached hydrogens (tertiary/aromatic N) is 3. The number of carbonyl (C=O) groups excluding carboxylic acids is 2. The highest BCUT2D eigenvalue weighted by Gasteiger charge is 2.48. The summed E-state index contributed by atoms with van der Waals surface area (Å²) in [7, 11) is 1.53. The first-order valence-electron chi connectivity index (χ1n) is 11.9. The summed E-state index contributed by atoms with van der Waals surface area (Å²) in [5.74, 6) is -0.712. The first kappa shape index (κ1) is 25.2. The van der Waals surface area contributed by atoms with E-state index in [0.717, 1.165) is 11.1 Å². The Morgan fingerprint density at radius 2 is 1.74 bits per heavy atom. The number of carbonyl (C=O) groups is 2. The maximum atomic E-state index is 13.3. The van der Waals surface area contributed by atoms with E-state index in [1.807, 2.05) is 25.1 Å². The van der Waals surface area contributed by atoms with Gasteiger partial charge in [0.2, 0.25) is 5.13 Å². The van der Waals surface area contributed by atoms with E-state index in [2.05, 4.69) is 16.3 Å². The minimum absolute atomic E-state index is 0.0375. The number of methoxy groups -OCH3 is 1. The van der Waals surface area contributed by atoms with E-state index in [-0.39, 0.29) is 16.5 Å². The molecule has 0 saturated carbocycles. The number of ether oxygens (including phenoxy) is 2.